The number of rotatable bonds is 2. The third kappa shape index (κ3) is 2.07. The van der Waals surface area contributed by atoms with Gasteiger partial charge < -0.3 is 15.7 Å². The number of hydrogen-bond donors (Lipinski definition) is 2. The third-order valence-electron chi connectivity index (χ3n) is 2.53. The Balaban J connectivity index is 2.13. The molecule has 1 aromatic rings. The van der Waals surface area contributed by atoms with Gasteiger partial charge in [-0.15, -0.1) is 0 Å². The van der Waals surface area contributed by atoms with E-state index >= 15 is 0 Å². The number of aliphatic hydroxyl groups excluding tert-OH is 1. The van der Waals surface area contributed by atoms with Crippen molar-refractivity contribution >= 4 is 11.6 Å². The van der Waals surface area contributed by atoms with Crippen LogP contribution in [-0.2, 0) is 0 Å². The van der Waals surface area contributed by atoms with Crippen LogP contribution in [0.5, 0.6) is 0 Å². The Labute approximate surface area is 87.5 Å². The molecule has 1 aliphatic heterocycles. The average Bonchev–Trinajstić information content (AvgIpc) is 2.65. The summed E-state index contributed by atoms with van der Waals surface area (Å²) in [7, 11) is 0. The summed E-state index contributed by atoms with van der Waals surface area (Å²) in [6.07, 6.45) is 2.12. The fraction of sp³-hybridized carbons (Fsp3) is 0.400. The highest BCUT2D eigenvalue weighted by molar-refractivity contribution is 5.90. The lowest BCUT2D eigenvalue weighted by Crippen LogP contribution is -2.21. The van der Waals surface area contributed by atoms with Gasteiger partial charge >= 0.3 is 0 Å². The molecule has 15 heavy (non-hydrogen) atoms. The van der Waals surface area contributed by atoms with Crippen molar-refractivity contribution in [2.24, 2.45) is 5.73 Å². The average molecular weight is 207 g/mol. The van der Waals surface area contributed by atoms with E-state index in [0.717, 1.165) is 18.7 Å². The van der Waals surface area contributed by atoms with Crippen LogP contribution < -0.4 is 10.6 Å². The first kappa shape index (κ1) is 9.92. The predicted molar refractivity (Wildman–Crippen MR) is 55.6 cm³/mol. The molecule has 1 amide bonds. The Hall–Kier alpha value is -1.62. The second-order valence-corrected chi connectivity index (χ2v) is 3.65. The first-order valence-electron chi connectivity index (χ1n) is 4.85. The zero-order valence-corrected chi connectivity index (χ0v) is 8.26. The lowest BCUT2D eigenvalue weighted by Gasteiger charge is -2.16. The molecule has 1 fully saturated rings. The van der Waals surface area contributed by atoms with Gasteiger partial charge in [-0.3, -0.25) is 4.79 Å². The Morgan fingerprint density at radius 1 is 1.60 bits per heavy atom. The number of nitrogens with zero attached hydrogens (tertiary/aromatic N) is 2. The third-order valence-corrected chi connectivity index (χ3v) is 2.53. The Bertz CT molecular complexity index is 363. The van der Waals surface area contributed by atoms with E-state index in [4.69, 9.17) is 5.73 Å². The van der Waals surface area contributed by atoms with Gasteiger partial charge in [-0.05, 0) is 18.6 Å². The number of carbonyl (C=O) groups is 1. The summed E-state index contributed by atoms with van der Waals surface area (Å²) >= 11 is 0. The Morgan fingerprint density at radius 3 is 2.87 bits per heavy atom. The minimum absolute atomic E-state index is 0.262. The first-order valence-corrected chi connectivity index (χ1v) is 4.85. The maximum atomic E-state index is 10.8. The van der Waals surface area contributed by atoms with Gasteiger partial charge in [-0.1, -0.05) is 0 Å². The number of primary amides is 1. The predicted octanol–water partition coefficient (Wildman–Crippen LogP) is -0.249. The summed E-state index contributed by atoms with van der Waals surface area (Å²) in [6, 6.07) is 3.40. The van der Waals surface area contributed by atoms with Crippen LogP contribution in [0.4, 0.5) is 5.69 Å². The van der Waals surface area contributed by atoms with Crippen LogP contribution in [0, 0.1) is 0 Å². The van der Waals surface area contributed by atoms with Crippen LogP contribution in [0.3, 0.4) is 0 Å². The second-order valence-electron chi connectivity index (χ2n) is 3.65. The molecular weight excluding hydrogens is 194 g/mol. The van der Waals surface area contributed by atoms with Crippen molar-refractivity contribution < 1.29 is 9.90 Å². The van der Waals surface area contributed by atoms with Crippen molar-refractivity contribution in [2.45, 2.75) is 12.5 Å². The zero-order chi connectivity index (χ0) is 10.8. The van der Waals surface area contributed by atoms with E-state index in [0.29, 0.717) is 6.54 Å². The van der Waals surface area contributed by atoms with Crippen molar-refractivity contribution in [3.05, 3.63) is 24.0 Å². The molecule has 2 rings (SSSR count). The zero-order valence-electron chi connectivity index (χ0n) is 8.26. The smallest absolute Gasteiger partial charge is 0.267 e. The van der Waals surface area contributed by atoms with Crippen LogP contribution >= 0.6 is 0 Å². The van der Waals surface area contributed by atoms with Crippen molar-refractivity contribution in [1.82, 2.24) is 4.98 Å². The lowest BCUT2D eigenvalue weighted by atomic mass is 10.3. The van der Waals surface area contributed by atoms with Gasteiger partial charge in [0, 0.05) is 13.1 Å². The first-order chi connectivity index (χ1) is 7.16. The van der Waals surface area contributed by atoms with Crippen LogP contribution in [0.15, 0.2) is 18.3 Å². The Morgan fingerprint density at radius 2 is 2.40 bits per heavy atom. The molecule has 3 N–H and O–H groups in total. The van der Waals surface area contributed by atoms with Crippen LogP contribution in [0.2, 0.25) is 0 Å². The van der Waals surface area contributed by atoms with Crippen molar-refractivity contribution in [3.63, 3.8) is 0 Å². The molecule has 0 unspecified atom stereocenters. The van der Waals surface area contributed by atoms with Gasteiger partial charge in [0.05, 0.1) is 18.0 Å². The number of aromatic nitrogens is 1. The number of carbonyl (C=O) groups excluding carboxylic acids is 1. The van der Waals surface area contributed by atoms with E-state index in [-0.39, 0.29) is 11.8 Å². The van der Waals surface area contributed by atoms with Gasteiger partial charge in [-0.2, -0.15) is 0 Å². The summed E-state index contributed by atoms with van der Waals surface area (Å²) in [5.41, 5.74) is 6.26. The fourth-order valence-electron chi connectivity index (χ4n) is 1.70. The number of hydrogen-bond acceptors (Lipinski definition) is 4. The molecule has 0 spiro atoms. The monoisotopic (exact) mass is 207 g/mol. The van der Waals surface area contributed by atoms with Gasteiger partial charge in [0.2, 0.25) is 0 Å². The number of anilines is 1. The van der Waals surface area contributed by atoms with Gasteiger partial charge in [0.15, 0.2) is 0 Å². The molecular formula is C10H13N3O2. The van der Waals surface area contributed by atoms with E-state index in [9.17, 15) is 9.90 Å². The summed E-state index contributed by atoms with van der Waals surface area (Å²) in [5.74, 6) is -0.525. The summed E-state index contributed by atoms with van der Waals surface area (Å²) < 4.78 is 0. The maximum absolute atomic E-state index is 10.8. The van der Waals surface area contributed by atoms with Crippen molar-refractivity contribution in [3.8, 4) is 0 Å². The summed E-state index contributed by atoms with van der Waals surface area (Å²) in [6.45, 7) is 1.44. The van der Waals surface area contributed by atoms with Gasteiger partial charge in [-0.25, -0.2) is 4.98 Å². The molecule has 0 radical (unpaired) electrons. The molecule has 0 aromatic carbocycles. The number of amides is 1. The highest BCUT2D eigenvalue weighted by atomic mass is 16.3. The number of aliphatic hydroxyl groups is 1. The molecule has 80 valence electrons. The van der Waals surface area contributed by atoms with Crippen molar-refractivity contribution in [1.29, 1.82) is 0 Å². The number of nitrogens with two attached hydrogens (primary N) is 1. The molecule has 1 atom stereocenters. The minimum atomic E-state index is -0.525. The standard InChI is InChI=1S/C10H13N3O2/c11-10(15)9-2-1-7(5-12-9)13-4-3-8(14)6-13/h1-2,5,8,14H,3-4,6H2,(H2,11,15)/t8-/m0/s1. The van der Waals surface area contributed by atoms with Crippen LogP contribution in [-0.4, -0.2) is 35.2 Å². The number of pyridine rings is 1. The van der Waals surface area contributed by atoms with Crippen LogP contribution in [0.1, 0.15) is 16.9 Å². The summed E-state index contributed by atoms with van der Waals surface area (Å²) in [5, 5.41) is 9.37. The van der Waals surface area contributed by atoms with Gasteiger partial charge in [0.1, 0.15) is 5.69 Å². The molecule has 1 aliphatic rings. The van der Waals surface area contributed by atoms with E-state index in [2.05, 4.69) is 4.98 Å². The van der Waals surface area contributed by atoms with E-state index in [1.807, 2.05) is 4.90 Å². The molecule has 2 heterocycles. The quantitative estimate of drug-likeness (QED) is 0.701. The van der Waals surface area contributed by atoms with Gasteiger partial charge in [0.25, 0.3) is 5.91 Å². The topological polar surface area (TPSA) is 79.5 Å². The highest BCUT2D eigenvalue weighted by Gasteiger charge is 2.20. The SMILES string of the molecule is NC(=O)c1ccc(N2CC[C@H](O)C2)cn1. The summed E-state index contributed by atoms with van der Waals surface area (Å²) in [4.78, 5) is 16.8. The molecule has 1 aromatic heterocycles. The second kappa shape index (κ2) is 3.86. The van der Waals surface area contributed by atoms with Crippen molar-refractivity contribution in [2.75, 3.05) is 18.0 Å². The Kier molecular flexibility index (Phi) is 2.55. The molecule has 1 saturated heterocycles. The number of β-amino-alcohol motifs (C(OH)–C–C–N with tert-alkyl or cyclic N) is 1. The highest BCUT2D eigenvalue weighted by Crippen LogP contribution is 2.19. The molecule has 0 aliphatic carbocycles. The van der Waals surface area contributed by atoms with E-state index in [1.54, 1.807) is 18.3 Å². The molecule has 0 saturated carbocycles. The molecule has 0 bridgehead atoms. The molecule has 5 heteroatoms. The lowest BCUT2D eigenvalue weighted by molar-refractivity contribution is 0.0995. The fourth-order valence-corrected chi connectivity index (χ4v) is 1.70. The molecule has 5 nitrogen and oxygen atoms in total. The maximum Gasteiger partial charge on any atom is 0.267 e. The largest absolute Gasteiger partial charge is 0.391 e. The minimum Gasteiger partial charge on any atom is -0.391 e. The van der Waals surface area contributed by atoms with E-state index in [1.165, 1.54) is 0 Å². The van der Waals surface area contributed by atoms with Crippen LogP contribution in [0.25, 0.3) is 0 Å². The normalized spacial score (nSPS) is 20.6. The van der Waals surface area contributed by atoms with E-state index < -0.39 is 5.91 Å².